The first kappa shape index (κ1) is 26.2. The number of carbonyl (C=O) groups excluding carboxylic acids is 1. The zero-order valence-electron chi connectivity index (χ0n) is 19.9. The van der Waals surface area contributed by atoms with Crippen LogP contribution in [0.5, 0.6) is 0 Å². The van der Waals surface area contributed by atoms with E-state index in [1.54, 1.807) is 0 Å². The molecule has 1 aromatic carbocycles. The van der Waals surface area contributed by atoms with E-state index in [9.17, 15) is 14.7 Å². The molecule has 10 heteroatoms. The Kier molecular flexibility index (Phi) is 8.68. The lowest BCUT2D eigenvalue weighted by molar-refractivity contribution is -0.139. The minimum atomic E-state index is -1.12. The molecule has 4 rings (SSSR count). The van der Waals surface area contributed by atoms with Gasteiger partial charge >= 0.3 is 5.97 Å². The fourth-order valence-corrected chi connectivity index (χ4v) is 5.52. The zero-order chi connectivity index (χ0) is 25.7. The van der Waals surface area contributed by atoms with Gasteiger partial charge in [-0.3, -0.25) is 4.79 Å². The number of aliphatic carboxylic acids is 1. The Balaban J connectivity index is 1.26. The van der Waals surface area contributed by atoms with Crippen LogP contribution in [0.3, 0.4) is 0 Å². The predicted molar refractivity (Wildman–Crippen MR) is 139 cm³/mol. The summed E-state index contributed by atoms with van der Waals surface area (Å²) >= 11 is 12.2. The molecular formula is C26H29Cl2N5O3. The summed E-state index contributed by atoms with van der Waals surface area (Å²) in [5.74, 6) is -0.234. The number of halogens is 2. The number of carboxylic acids is 1. The molecule has 0 unspecified atom stereocenters. The fraction of sp³-hybridized carbons (Fsp3) is 0.462. The number of benzene rings is 1. The van der Waals surface area contributed by atoms with Gasteiger partial charge in [-0.15, -0.1) is 0 Å². The van der Waals surface area contributed by atoms with Crippen molar-refractivity contribution < 1.29 is 14.7 Å². The second kappa shape index (κ2) is 11.9. The summed E-state index contributed by atoms with van der Waals surface area (Å²) in [6.07, 6.45) is 5.51. The minimum Gasteiger partial charge on any atom is -0.480 e. The van der Waals surface area contributed by atoms with Gasteiger partial charge < -0.3 is 20.6 Å². The maximum absolute atomic E-state index is 12.7. The minimum absolute atomic E-state index is 0.00673. The average Bonchev–Trinajstić information content (AvgIpc) is 3.32. The van der Waals surface area contributed by atoms with Crippen molar-refractivity contribution in [2.45, 2.75) is 44.6 Å². The number of fused-ring (bicyclic) bond motifs is 1. The molecule has 0 spiro atoms. The molecule has 2 aliphatic rings. The number of nitriles is 1. The molecule has 1 aromatic heterocycles. The number of carboxylic acid groups (broad SMARTS) is 1. The van der Waals surface area contributed by atoms with E-state index in [0.717, 1.165) is 63.3 Å². The van der Waals surface area contributed by atoms with Gasteiger partial charge in [0.1, 0.15) is 11.9 Å². The normalized spacial score (nSPS) is 18.1. The van der Waals surface area contributed by atoms with E-state index in [0.29, 0.717) is 12.5 Å². The summed E-state index contributed by atoms with van der Waals surface area (Å²) in [7, 11) is 0. The van der Waals surface area contributed by atoms with Gasteiger partial charge in [-0.25, -0.2) is 9.78 Å². The van der Waals surface area contributed by atoms with Gasteiger partial charge in [0, 0.05) is 25.3 Å². The highest BCUT2D eigenvalue weighted by molar-refractivity contribution is 6.39. The molecule has 1 amide bonds. The molecule has 1 fully saturated rings. The first-order valence-electron chi connectivity index (χ1n) is 12.2. The lowest BCUT2D eigenvalue weighted by atomic mass is 10.00. The van der Waals surface area contributed by atoms with Crippen molar-refractivity contribution in [1.29, 1.82) is 5.26 Å². The largest absolute Gasteiger partial charge is 0.480 e. The molecular weight excluding hydrogens is 501 g/mol. The molecule has 8 nitrogen and oxygen atoms in total. The maximum Gasteiger partial charge on any atom is 0.326 e. The number of rotatable bonds is 9. The van der Waals surface area contributed by atoms with Gasteiger partial charge in [0.15, 0.2) is 0 Å². The number of likely N-dealkylation sites (tertiary alicyclic amines) is 1. The summed E-state index contributed by atoms with van der Waals surface area (Å²) in [4.78, 5) is 31.5. The number of nitrogens with zero attached hydrogens (tertiary/aromatic N) is 3. The molecule has 0 bridgehead atoms. The second-order valence-electron chi connectivity index (χ2n) is 9.41. The first-order valence-corrected chi connectivity index (χ1v) is 13.0. The van der Waals surface area contributed by atoms with Crippen LogP contribution in [-0.4, -0.2) is 59.1 Å². The molecule has 190 valence electrons. The van der Waals surface area contributed by atoms with E-state index in [-0.39, 0.29) is 27.6 Å². The molecule has 2 aliphatic heterocycles. The van der Waals surface area contributed by atoms with Crippen LogP contribution in [-0.2, 0) is 17.6 Å². The standard InChI is InChI=1S/C26H29Cl2N5O3/c27-20-12-17(14-29)13-21(28)23(20)25(34)32-22(26(35)36)8-11-33-10-7-16(15-33)3-5-19-6-4-18-2-1-9-30-24(18)31-19/h4,6,12-13,16,22H,1-3,5,7-11,15H2,(H,30,31)(H,32,34)(H,35,36)/t16-,22-/m1/s1. The zero-order valence-corrected chi connectivity index (χ0v) is 21.4. The van der Waals surface area contributed by atoms with E-state index in [4.69, 9.17) is 33.4 Å². The van der Waals surface area contributed by atoms with Crippen LogP contribution in [0.15, 0.2) is 24.3 Å². The van der Waals surface area contributed by atoms with Crippen molar-refractivity contribution in [3.63, 3.8) is 0 Å². The number of aromatic nitrogens is 1. The van der Waals surface area contributed by atoms with Gasteiger partial charge in [0.05, 0.1) is 27.2 Å². The third kappa shape index (κ3) is 6.47. The van der Waals surface area contributed by atoms with Gasteiger partial charge in [-0.1, -0.05) is 29.3 Å². The van der Waals surface area contributed by atoms with Crippen molar-refractivity contribution in [3.8, 4) is 6.07 Å². The van der Waals surface area contributed by atoms with Crippen molar-refractivity contribution in [2.75, 3.05) is 31.5 Å². The Hall–Kier alpha value is -2.86. The summed E-state index contributed by atoms with van der Waals surface area (Å²) in [6, 6.07) is 7.81. The highest BCUT2D eigenvalue weighted by Gasteiger charge is 2.27. The summed E-state index contributed by atoms with van der Waals surface area (Å²) in [5, 5.41) is 24.6. The molecule has 0 saturated carbocycles. The number of carbonyl (C=O) groups is 2. The van der Waals surface area contributed by atoms with Crippen LogP contribution in [0, 0.1) is 17.2 Å². The fourth-order valence-electron chi connectivity index (χ4n) is 4.87. The molecule has 36 heavy (non-hydrogen) atoms. The summed E-state index contributed by atoms with van der Waals surface area (Å²) in [5.41, 5.74) is 2.59. The van der Waals surface area contributed by atoms with E-state index >= 15 is 0 Å². The van der Waals surface area contributed by atoms with Gasteiger partial charge in [0.2, 0.25) is 0 Å². The van der Waals surface area contributed by atoms with Crippen LogP contribution in [0.1, 0.15) is 52.9 Å². The van der Waals surface area contributed by atoms with Crippen LogP contribution in [0.2, 0.25) is 10.0 Å². The molecule has 1 saturated heterocycles. The van der Waals surface area contributed by atoms with Gasteiger partial charge in [-0.05, 0) is 74.8 Å². The van der Waals surface area contributed by atoms with E-state index in [1.807, 2.05) is 6.07 Å². The lowest BCUT2D eigenvalue weighted by Crippen LogP contribution is -2.43. The van der Waals surface area contributed by atoms with Crippen molar-refractivity contribution in [2.24, 2.45) is 5.92 Å². The monoisotopic (exact) mass is 529 g/mol. The smallest absolute Gasteiger partial charge is 0.326 e. The van der Waals surface area contributed by atoms with E-state index in [1.165, 1.54) is 17.7 Å². The number of aryl methyl sites for hydroxylation is 2. The number of anilines is 1. The molecule has 0 radical (unpaired) electrons. The van der Waals surface area contributed by atoms with Crippen molar-refractivity contribution >= 4 is 40.9 Å². The van der Waals surface area contributed by atoms with Crippen molar-refractivity contribution in [3.05, 3.63) is 56.7 Å². The maximum atomic E-state index is 12.7. The third-order valence-electron chi connectivity index (χ3n) is 6.87. The van der Waals surface area contributed by atoms with Crippen LogP contribution in [0.25, 0.3) is 0 Å². The number of hydrogen-bond donors (Lipinski definition) is 3. The predicted octanol–water partition coefficient (Wildman–Crippen LogP) is 4.15. The third-order valence-corrected chi connectivity index (χ3v) is 7.46. The lowest BCUT2D eigenvalue weighted by Gasteiger charge is -2.20. The second-order valence-corrected chi connectivity index (χ2v) is 10.2. The van der Waals surface area contributed by atoms with E-state index in [2.05, 4.69) is 27.7 Å². The van der Waals surface area contributed by atoms with Crippen LogP contribution < -0.4 is 10.6 Å². The molecule has 2 atom stereocenters. The topological polar surface area (TPSA) is 118 Å². The number of amides is 1. The molecule has 0 aliphatic carbocycles. The summed E-state index contributed by atoms with van der Waals surface area (Å²) < 4.78 is 0. The first-order chi connectivity index (χ1) is 17.3. The van der Waals surface area contributed by atoms with Crippen LogP contribution in [0.4, 0.5) is 5.82 Å². The quantitative estimate of drug-likeness (QED) is 0.446. The number of pyridine rings is 1. The highest BCUT2D eigenvalue weighted by atomic mass is 35.5. The molecule has 3 N–H and O–H groups in total. The Morgan fingerprint density at radius 2 is 2.08 bits per heavy atom. The number of hydrogen-bond acceptors (Lipinski definition) is 6. The summed E-state index contributed by atoms with van der Waals surface area (Å²) in [6.45, 7) is 3.34. The SMILES string of the molecule is N#Cc1cc(Cl)c(C(=O)N[C@H](CCN2CC[C@@H](CCc3ccc4c(n3)NCCC4)C2)C(=O)O)c(Cl)c1. The Bertz CT molecular complexity index is 1160. The highest BCUT2D eigenvalue weighted by Crippen LogP contribution is 2.27. The van der Waals surface area contributed by atoms with Gasteiger partial charge in [-0.2, -0.15) is 5.26 Å². The molecule has 3 heterocycles. The van der Waals surface area contributed by atoms with Crippen molar-refractivity contribution in [1.82, 2.24) is 15.2 Å². The Morgan fingerprint density at radius 1 is 1.31 bits per heavy atom. The number of nitrogens with one attached hydrogen (secondary N) is 2. The van der Waals surface area contributed by atoms with Gasteiger partial charge in [0.25, 0.3) is 5.91 Å². The Labute approximate surface area is 220 Å². The molecule has 2 aromatic rings. The van der Waals surface area contributed by atoms with Crippen LogP contribution >= 0.6 is 23.2 Å². The van der Waals surface area contributed by atoms with E-state index < -0.39 is 17.9 Å². The Morgan fingerprint density at radius 3 is 2.81 bits per heavy atom. The average molecular weight is 530 g/mol.